The van der Waals surface area contributed by atoms with E-state index in [1.165, 1.54) is 33.0 Å². The minimum absolute atomic E-state index is 0. The Bertz CT molecular complexity index is 735. The van der Waals surface area contributed by atoms with Crippen molar-refractivity contribution in [2.75, 3.05) is 33.7 Å². The largest absolute Gasteiger partial charge is 0.455 e. The summed E-state index contributed by atoms with van der Waals surface area (Å²) in [7, 11) is -0.689. The Morgan fingerprint density at radius 1 is 1.27 bits per heavy atom. The van der Waals surface area contributed by atoms with Gasteiger partial charge in [0.1, 0.15) is 10.7 Å². The first kappa shape index (κ1) is 21.2. The van der Waals surface area contributed by atoms with Crippen molar-refractivity contribution in [3.05, 3.63) is 17.6 Å². The maximum absolute atomic E-state index is 12.6. The van der Waals surface area contributed by atoms with Gasteiger partial charge in [0, 0.05) is 39.3 Å². The second-order valence-corrected chi connectivity index (χ2v) is 9.36. The fourth-order valence-corrected chi connectivity index (χ4v) is 4.18. The maximum Gasteiger partial charge on any atom is 0.289 e. The molecule has 0 aromatic carbocycles. The molecule has 0 unspecified atom stereocenters. The molecule has 2 aliphatic rings. The first-order valence-electron chi connectivity index (χ1n) is 8.84. The highest BCUT2D eigenvalue weighted by molar-refractivity contribution is 7.89. The average molecular weight is 406 g/mol. The zero-order valence-electron chi connectivity index (χ0n) is 15.5. The van der Waals surface area contributed by atoms with E-state index >= 15 is 0 Å². The number of carbonyl (C=O) groups is 1. The molecule has 1 aromatic heterocycles. The minimum atomic E-state index is -3.61. The smallest absolute Gasteiger partial charge is 0.289 e. The molecule has 7 nitrogen and oxygen atoms in total. The monoisotopic (exact) mass is 405 g/mol. The molecular weight excluding hydrogens is 378 g/mol. The van der Waals surface area contributed by atoms with Crippen molar-refractivity contribution in [2.24, 2.45) is 5.92 Å². The molecule has 1 aliphatic carbocycles. The molecule has 1 saturated carbocycles. The molecule has 2 fully saturated rings. The Morgan fingerprint density at radius 3 is 2.42 bits per heavy atom. The van der Waals surface area contributed by atoms with Crippen molar-refractivity contribution in [3.8, 4) is 0 Å². The van der Waals surface area contributed by atoms with E-state index in [0.717, 1.165) is 29.6 Å². The quantitative estimate of drug-likeness (QED) is 0.781. The highest BCUT2D eigenvalue weighted by Crippen LogP contribution is 2.28. The number of rotatable bonds is 6. The summed E-state index contributed by atoms with van der Waals surface area (Å²) in [6.45, 7) is 3.98. The van der Waals surface area contributed by atoms with Crippen LogP contribution >= 0.6 is 12.4 Å². The average Bonchev–Trinajstić information content (AvgIpc) is 3.32. The fraction of sp³-hybridized carbons (Fsp3) is 0.706. The molecule has 1 aliphatic heterocycles. The number of furan rings is 1. The summed E-state index contributed by atoms with van der Waals surface area (Å²) in [5.74, 6) is 0.965. The molecule has 1 N–H and O–H groups in total. The van der Waals surface area contributed by atoms with Crippen molar-refractivity contribution in [2.45, 2.75) is 43.5 Å². The number of aryl methyl sites for hydroxylation is 1. The number of nitrogens with one attached hydrogen (secondary N) is 1. The van der Waals surface area contributed by atoms with Crippen LogP contribution in [0, 0.1) is 12.8 Å². The third kappa shape index (κ3) is 4.60. The first-order chi connectivity index (χ1) is 11.8. The lowest BCUT2D eigenvalue weighted by molar-refractivity contribution is 0.0671. The van der Waals surface area contributed by atoms with Crippen LogP contribution in [0.3, 0.4) is 0 Å². The summed E-state index contributed by atoms with van der Waals surface area (Å²) in [6.07, 6.45) is 4.50. The molecule has 1 aromatic rings. The van der Waals surface area contributed by atoms with Crippen LogP contribution in [-0.4, -0.2) is 63.3 Å². The van der Waals surface area contributed by atoms with Crippen LogP contribution in [0.4, 0.5) is 0 Å². The molecule has 9 heteroatoms. The number of halogens is 1. The number of likely N-dealkylation sites (tertiary alicyclic amines) is 1. The summed E-state index contributed by atoms with van der Waals surface area (Å²) in [4.78, 5) is 14.5. The summed E-state index contributed by atoms with van der Waals surface area (Å²) in [5.41, 5.74) is 0. The molecule has 0 bridgehead atoms. The van der Waals surface area contributed by atoms with Gasteiger partial charge in [-0.3, -0.25) is 4.79 Å². The lowest BCUT2D eigenvalue weighted by Crippen LogP contribution is -2.45. The number of piperidine rings is 1. The Kier molecular flexibility index (Phi) is 6.76. The van der Waals surface area contributed by atoms with E-state index in [4.69, 9.17) is 4.42 Å². The molecule has 1 saturated heterocycles. The highest BCUT2D eigenvalue weighted by atomic mass is 35.5. The predicted octanol–water partition coefficient (Wildman–Crippen LogP) is 1.86. The summed E-state index contributed by atoms with van der Waals surface area (Å²) in [5, 5.41) is 3.58. The zero-order chi connectivity index (χ0) is 18.2. The second-order valence-electron chi connectivity index (χ2n) is 7.24. The number of hydrogen-bond donors (Lipinski definition) is 1. The van der Waals surface area contributed by atoms with Crippen LogP contribution < -0.4 is 5.32 Å². The third-order valence-corrected chi connectivity index (χ3v) is 6.94. The molecule has 0 spiro atoms. The topological polar surface area (TPSA) is 82.9 Å². The van der Waals surface area contributed by atoms with E-state index in [2.05, 4.69) is 5.32 Å². The SMILES string of the molecule is Cc1oc(C(=O)N2CCC(NCC3CC3)CC2)cc1S(=O)(=O)N(C)C.Cl. The standard InChI is InChI=1S/C17H27N3O4S.ClH/c1-12-16(25(22,23)19(2)3)10-15(24-12)17(21)20-8-6-14(7-9-20)18-11-13-4-5-13;/h10,13-14,18H,4-9,11H2,1-3H3;1H. The van der Waals surface area contributed by atoms with Crippen LogP contribution in [0.15, 0.2) is 15.4 Å². The molecule has 2 heterocycles. The van der Waals surface area contributed by atoms with Gasteiger partial charge in [0.25, 0.3) is 5.91 Å². The first-order valence-corrected chi connectivity index (χ1v) is 10.3. The molecule has 0 radical (unpaired) electrons. The van der Waals surface area contributed by atoms with Crippen LogP contribution in [0.1, 0.15) is 42.0 Å². The van der Waals surface area contributed by atoms with Gasteiger partial charge in [0.05, 0.1) is 0 Å². The summed E-state index contributed by atoms with van der Waals surface area (Å²) >= 11 is 0. The van der Waals surface area contributed by atoms with Gasteiger partial charge < -0.3 is 14.6 Å². The van der Waals surface area contributed by atoms with Gasteiger partial charge >= 0.3 is 0 Å². The van der Waals surface area contributed by atoms with Gasteiger partial charge in [0.15, 0.2) is 5.76 Å². The van der Waals surface area contributed by atoms with E-state index in [0.29, 0.717) is 19.1 Å². The van der Waals surface area contributed by atoms with Crippen molar-refractivity contribution < 1.29 is 17.6 Å². The van der Waals surface area contributed by atoms with E-state index in [1.54, 1.807) is 11.8 Å². The number of carbonyl (C=O) groups excluding carboxylic acids is 1. The Labute approximate surface area is 161 Å². The summed E-state index contributed by atoms with van der Waals surface area (Å²) < 4.78 is 31.1. The van der Waals surface area contributed by atoms with Crippen LogP contribution in [-0.2, 0) is 10.0 Å². The van der Waals surface area contributed by atoms with E-state index in [-0.39, 0.29) is 34.7 Å². The molecule has 1 amide bonds. The molecule has 0 atom stereocenters. The molecule has 3 rings (SSSR count). The Hall–Kier alpha value is -1.09. The molecular formula is C17H28ClN3O4S. The van der Waals surface area contributed by atoms with Gasteiger partial charge in [-0.25, -0.2) is 12.7 Å². The van der Waals surface area contributed by atoms with Gasteiger partial charge in [-0.1, -0.05) is 0 Å². The second kappa shape index (κ2) is 8.29. The van der Waals surface area contributed by atoms with E-state index in [9.17, 15) is 13.2 Å². The zero-order valence-corrected chi connectivity index (χ0v) is 17.2. The van der Waals surface area contributed by atoms with Crippen molar-refractivity contribution in [3.63, 3.8) is 0 Å². The van der Waals surface area contributed by atoms with Gasteiger partial charge in [-0.2, -0.15) is 0 Å². The third-order valence-electron chi connectivity index (χ3n) is 5.02. The number of nitrogens with zero attached hydrogens (tertiary/aromatic N) is 2. The number of sulfonamides is 1. The van der Waals surface area contributed by atoms with Crippen molar-refractivity contribution >= 4 is 28.3 Å². The van der Waals surface area contributed by atoms with E-state index in [1.807, 2.05) is 0 Å². The van der Waals surface area contributed by atoms with Crippen molar-refractivity contribution in [1.82, 2.24) is 14.5 Å². The number of hydrogen-bond acceptors (Lipinski definition) is 5. The van der Waals surface area contributed by atoms with Crippen molar-refractivity contribution in [1.29, 1.82) is 0 Å². The lowest BCUT2D eigenvalue weighted by Gasteiger charge is -2.32. The van der Waals surface area contributed by atoms with Crippen LogP contribution in [0.25, 0.3) is 0 Å². The fourth-order valence-electron chi connectivity index (χ4n) is 3.12. The normalized spacial score (nSPS) is 18.8. The van der Waals surface area contributed by atoms with Gasteiger partial charge in [0.2, 0.25) is 10.0 Å². The Balaban J connectivity index is 0.00000243. The van der Waals surface area contributed by atoms with Crippen LogP contribution in [0.5, 0.6) is 0 Å². The number of amides is 1. The van der Waals surface area contributed by atoms with E-state index < -0.39 is 10.0 Å². The Morgan fingerprint density at radius 2 is 1.88 bits per heavy atom. The minimum Gasteiger partial charge on any atom is -0.455 e. The summed E-state index contributed by atoms with van der Waals surface area (Å²) in [6, 6.07) is 1.82. The molecule has 26 heavy (non-hydrogen) atoms. The maximum atomic E-state index is 12.6. The highest BCUT2D eigenvalue weighted by Gasteiger charge is 2.30. The van der Waals surface area contributed by atoms with Gasteiger partial charge in [-0.15, -0.1) is 12.4 Å². The van der Waals surface area contributed by atoms with Crippen LogP contribution in [0.2, 0.25) is 0 Å². The predicted molar refractivity (Wildman–Crippen MR) is 101 cm³/mol. The molecule has 148 valence electrons. The lowest BCUT2D eigenvalue weighted by atomic mass is 10.0. The van der Waals surface area contributed by atoms with Gasteiger partial charge in [-0.05, 0) is 45.1 Å².